The highest BCUT2D eigenvalue weighted by Gasteiger charge is 2.08. The second-order valence-corrected chi connectivity index (χ2v) is 3.13. The van der Waals surface area contributed by atoms with Crippen LogP contribution >= 0.6 is 11.3 Å². The Labute approximate surface area is 78.6 Å². The lowest BCUT2D eigenvalue weighted by atomic mass is 10.4. The van der Waals surface area contributed by atoms with Gasteiger partial charge in [-0.2, -0.15) is 0 Å². The summed E-state index contributed by atoms with van der Waals surface area (Å²) in [7, 11) is 0. The number of nitrogens with two attached hydrogens (primary N) is 1. The maximum absolute atomic E-state index is 5.35. The average Bonchev–Trinajstić information content (AvgIpc) is 2.70. The monoisotopic (exact) mass is 196 g/mol. The molecule has 2 N–H and O–H groups in total. The van der Waals surface area contributed by atoms with Crippen molar-refractivity contribution in [3.63, 3.8) is 0 Å². The van der Waals surface area contributed by atoms with Crippen LogP contribution in [-0.4, -0.2) is 21.7 Å². The maximum Gasteiger partial charge on any atom is 0.267 e. The van der Waals surface area contributed by atoms with Crippen molar-refractivity contribution in [3.05, 3.63) is 16.8 Å². The molecule has 0 saturated heterocycles. The average molecular weight is 196 g/mol. The lowest BCUT2D eigenvalue weighted by molar-refractivity contribution is 0.506. The third-order valence-electron chi connectivity index (χ3n) is 1.48. The van der Waals surface area contributed by atoms with Gasteiger partial charge in [-0.3, -0.25) is 0 Å². The fourth-order valence-corrected chi connectivity index (χ4v) is 1.43. The lowest BCUT2D eigenvalue weighted by Crippen LogP contribution is -2.02. The van der Waals surface area contributed by atoms with Crippen molar-refractivity contribution in [2.45, 2.75) is 6.42 Å². The molecule has 0 spiro atoms. The zero-order valence-corrected chi connectivity index (χ0v) is 7.62. The minimum atomic E-state index is 0.463. The van der Waals surface area contributed by atoms with Gasteiger partial charge in [-0.25, -0.2) is 4.98 Å². The molecule has 2 heterocycles. The van der Waals surface area contributed by atoms with Gasteiger partial charge in [-0.1, -0.05) is 0 Å². The first-order valence-corrected chi connectivity index (χ1v) is 4.75. The number of nitrogens with zero attached hydrogens (tertiary/aromatic N) is 3. The predicted octanol–water partition coefficient (Wildman–Crippen LogP) is 0.694. The molecule has 0 aliphatic carbocycles. The van der Waals surface area contributed by atoms with Crippen molar-refractivity contribution in [3.8, 4) is 11.6 Å². The smallest absolute Gasteiger partial charge is 0.267 e. The molecule has 5 nitrogen and oxygen atoms in total. The Bertz CT molecular complexity index is 370. The summed E-state index contributed by atoms with van der Waals surface area (Å²) in [6, 6.07) is 0. The topological polar surface area (TPSA) is 77.8 Å². The number of aromatic nitrogens is 3. The Hall–Kier alpha value is -1.27. The molecule has 13 heavy (non-hydrogen) atoms. The van der Waals surface area contributed by atoms with Gasteiger partial charge in [0.1, 0.15) is 5.69 Å². The molecule has 0 amide bonds. The van der Waals surface area contributed by atoms with E-state index in [1.54, 1.807) is 5.51 Å². The van der Waals surface area contributed by atoms with E-state index in [2.05, 4.69) is 15.2 Å². The molecule has 0 aliphatic heterocycles. The van der Waals surface area contributed by atoms with Crippen molar-refractivity contribution < 1.29 is 4.42 Å². The highest BCUT2D eigenvalue weighted by atomic mass is 32.1. The lowest BCUT2D eigenvalue weighted by Gasteiger charge is -1.86. The van der Waals surface area contributed by atoms with E-state index >= 15 is 0 Å². The summed E-state index contributed by atoms with van der Waals surface area (Å²) in [6.45, 7) is 0.513. The van der Waals surface area contributed by atoms with Crippen LogP contribution in [0.2, 0.25) is 0 Å². The van der Waals surface area contributed by atoms with Crippen molar-refractivity contribution in [1.29, 1.82) is 0 Å². The van der Waals surface area contributed by atoms with E-state index in [0.717, 1.165) is 5.69 Å². The molecular formula is C7H8N4OS. The zero-order valence-electron chi connectivity index (χ0n) is 6.80. The summed E-state index contributed by atoms with van der Waals surface area (Å²) < 4.78 is 5.31. The zero-order chi connectivity index (χ0) is 9.10. The summed E-state index contributed by atoms with van der Waals surface area (Å²) in [5.74, 6) is 1.02. The molecular weight excluding hydrogens is 188 g/mol. The Morgan fingerprint density at radius 2 is 2.38 bits per heavy atom. The molecule has 0 unspecified atom stereocenters. The summed E-state index contributed by atoms with van der Waals surface area (Å²) >= 11 is 1.49. The van der Waals surface area contributed by atoms with Gasteiger partial charge in [-0.15, -0.1) is 21.5 Å². The summed E-state index contributed by atoms with van der Waals surface area (Å²) in [5.41, 5.74) is 7.79. The van der Waals surface area contributed by atoms with Gasteiger partial charge in [0, 0.05) is 18.3 Å². The van der Waals surface area contributed by atoms with Gasteiger partial charge in [-0.05, 0) is 0 Å². The van der Waals surface area contributed by atoms with E-state index < -0.39 is 0 Å². The Morgan fingerprint density at radius 1 is 1.46 bits per heavy atom. The fourth-order valence-electron chi connectivity index (χ4n) is 0.900. The third kappa shape index (κ3) is 1.73. The highest BCUT2D eigenvalue weighted by Crippen LogP contribution is 2.16. The van der Waals surface area contributed by atoms with E-state index in [-0.39, 0.29) is 0 Å². The molecule has 0 atom stereocenters. The quantitative estimate of drug-likeness (QED) is 0.781. The molecule has 0 fully saturated rings. The minimum absolute atomic E-state index is 0.463. The van der Waals surface area contributed by atoms with Crippen LogP contribution < -0.4 is 5.73 Å². The van der Waals surface area contributed by atoms with Crippen LogP contribution in [0, 0.1) is 0 Å². The van der Waals surface area contributed by atoms with Crippen molar-refractivity contribution in [2.75, 3.05) is 6.54 Å². The normalized spacial score (nSPS) is 10.5. The summed E-state index contributed by atoms with van der Waals surface area (Å²) in [5, 5.41) is 9.54. The standard InChI is InChI=1S/C7H8N4OS/c8-2-1-6-10-11-7(12-6)5-3-13-4-9-5/h3-4H,1-2,8H2. The van der Waals surface area contributed by atoms with Crippen LogP contribution in [0.5, 0.6) is 0 Å². The first kappa shape index (κ1) is 8.33. The summed E-state index contributed by atoms with van der Waals surface area (Å²) in [4.78, 5) is 4.05. The molecule has 2 aromatic rings. The molecule has 0 bridgehead atoms. The molecule has 0 aromatic carbocycles. The Balaban J connectivity index is 2.23. The van der Waals surface area contributed by atoms with E-state index in [9.17, 15) is 0 Å². The fraction of sp³-hybridized carbons (Fsp3) is 0.286. The first-order chi connectivity index (χ1) is 6.40. The number of hydrogen-bond donors (Lipinski definition) is 1. The first-order valence-electron chi connectivity index (χ1n) is 3.81. The highest BCUT2D eigenvalue weighted by molar-refractivity contribution is 7.07. The molecule has 0 radical (unpaired) electrons. The van der Waals surface area contributed by atoms with Crippen LogP contribution in [0.15, 0.2) is 15.3 Å². The van der Waals surface area contributed by atoms with E-state index in [4.69, 9.17) is 10.2 Å². The Morgan fingerprint density at radius 3 is 3.08 bits per heavy atom. The number of rotatable bonds is 3. The second kappa shape index (κ2) is 3.63. The SMILES string of the molecule is NCCc1nnc(-c2cscn2)o1. The van der Waals surface area contributed by atoms with Crippen LogP contribution in [-0.2, 0) is 6.42 Å². The van der Waals surface area contributed by atoms with Gasteiger partial charge in [0.2, 0.25) is 5.89 Å². The van der Waals surface area contributed by atoms with E-state index in [0.29, 0.717) is 24.7 Å². The minimum Gasteiger partial charge on any atom is -0.419 e. The van der Waals surface area contributed by atoms with Gasteiger partial charge >= 0.3 is 0 Å². The van der Waals surface area contributed by atoms with Gasteiger partial charge in [0.15, 0.2) is 0 Å². The van der Waals surface area contributed by atoms with Crippen LogP contribution in [0.1, 0.15) is 5.89 Å². The van der Waals surface area contributed by atoms with Crippen LogP contribution in [0.3, 0.4) is 0 Å². The summed E-state index contributed by atoms with van der Waals surface area (Å²) in [6.07, 6.45) is 0.608. The number of thiazole rings is 1. The number of hydrogen-bond acceptors (Lipinski definition) is 6. The molecule has 0 saturated carbocycles. The van der Waals surface area contributed by atoms with E-state index in [1.165, 1.54) is 11.3 Å². The van der Waals surface area contributed by atoms with Crippen molar-refractivity contribution in [2.24, 2.45) is 5.73 Å². The van der Waals surface area contributed by atoms with Crippen LogP contribution in [0.4, 0.5) is 0 Å². The third-order valence-corrected chi connectivity index (χ3v) is 2.06. The molecule has 0 aliphatic rings. The maximum atomic E-state index is 5.35. The van der Waals surface area contributed by atoms with Gasteiger partial charge in [0.05, 0.1) is 5.51 Å². The predicted molar refractivity (Wildman–Crippen MR) is 48.2 cm³/mol. The van der Waals surface area contributed by atoms with Gasteiger partial charge < -0.3 is 10.2 Å². The molecule has 2 rings (SSSR count). The van der Waals surface area contributed by atoms with E-state index in [1.807, 2.05) is 5.38 Å². The Kier molecular flexibility index (Phi) is 2.33. The molecule has 2 aromatic heterocycles. The largest absolute Gasteiger partial charge is 0.419 e. The molecule has 6 heteroatoms. The van der Waals surface area contributed by atoms with Crippen LogP contribution in [0.25, 0.3) is 11.6 Å². The van der Waals surface area contributed by atoms with Crippen molar-refractivity contribution in [1.82, 2.24) is 15.2 Å². The van der Waals surface area contributed by atoms with Gasteiger partial charge in [0.25, 0.3) is 5.89 Å². The second-order valence-electron chi connectivity index (χ2n) is 2.41. The van der Waals surface area contributed by atoms with Crippen molar-refractivity contribution >= 4 is 11.3 Å². The molecule has 68 valence electrons.